The van der Waals surface area contributed by atoms with Crippen molar-refractivity contribution in [1.82, 2.24) is 5.32 Å². The predicted octanol–water partition coefficient (Wildman–Crippen LogP) is 5.54. The molecule has 0 fully saturated rings. The van der Waals surface area contributed by atoms with Crippen LogP contribution >= 0.6 is 0 Å². The van der Waals surface area contributed by atoms with E-state index in [0.717, 1.165) is 5.92 Å². The molecule has 18 heavy (non-hydrogen) atoms. The average molecular weight is 255 g/mol. The molecule has 1 N–H and O–H groups in total. The molecule has 0 unspecified atom stereocenters. The monoisotopic (exact) mass is 255 g/mol. The molecule has 1 nitrogen and oxygen atoms in total. The molecule has 0 radical (unpaired) electrons. The van der Waals surface area contributed by atoms with Crippen LogP contribution < -0.4 is 5.32 Å². The Morgan fingerprint density at radius 1 is 0.667 bits per heavy atom. The quantitative estimate of drug-likeness (QED) is 0.402. The fraction of sp³-hybridized carbons (Fsp3) is 1.00. The Morgan fingerprint density at radius 3 is 1.67 bits per heavy atom. The smallest absolute Gasteiger partial charge is 0.00489 e. The van der Waals surface area contributed by atoms with E-state index in [-0.39, 0.29) is 0 Å². The first-order chi connectivity index (χ1) is 8.77. The van der Waals surface area contributed by atoms with Gasteiger partial charge in [0, 0.05) is 0 Å². The third-order valence-corrected chi connectivity index (χ3v) is 3.56. The molecule has 0 aromatic heterocycles. The molecule has 0 bridgehead atoms. The summed E-state index contributed by atoms with van der Waals surface area (Å²) in [5.74, 6) is 0.895. The fourth-order valence-corrected chi connectivity index (χ4v) is 2.34. The number of nitrogens with one attached hydrogen (secondary N) is 1. The van der Waals surface area contributed by atoms with Gasteiger partial charge in [-0.25, -0.2) is 0 Å². The molecule has 0 saturated heterocycles. The maximum atomic E-state index is 3.47. The highest BCUT2D eigenvalue weighted by Crippen LogP contribution is 2.12. The van der Waals surface area contributed by atoms with Crippen LogP contribution in [0.5, 0.6) is 0 Å². The van der Waals surface area contributed by atoms with Gasteiger partial charge < -0.3 is 5.32 Å². The molecule has 0 aliphatic rings. The molecular weight excluding hydrogens is 218 g/mol. The fourth-order valence-electron chi connectivity index (χ4n) is 2.34. The van der Waals surface area contributed by atoms with Crippen LogP contribution in [0.3, 0.4) is 0 Å². The zero-order valence-electron chi connectivity index (χ0n) is 13.3. The van der Waals surface area contributed by atoms with Gasteiger partial charge in [0.25, 0.3) is 0 Å². The summed E-state index contributed by atoms with van der Waals surface area (Å²) in [6, 6.07) is 0. The van der Waals surface area contributed by atoms with Gasteiger partial charge >= 0.3 is 0 Å². The van der Waals surface area contributed by atoms with Crippen LogP contribution in [0.25, 0.3) is 0 Å². The zero-order valence-corrected chi connectivity index (χ0v) is 13.3. The normalized spacial score (nSPS) is 11.3. The van der Waals surface area contributed by atoms with E-state index in [0.29, 0.717) is 0 Å². The van der Waals surface area contributed by atoms with Crippen molar-refractivity contribution in [2.75, 3.05) is 13.1 Å². The zero-order chi connectivity index (χ0) is 13.5. The van der Waals surface area contributed by atoms with E-state index in [1.54, 1.807) is 0 Å². The molecular formula is C17H37N. The molecule has 0 aromatic carbocycles. The van der Waals surface area contributed by atoms with E-state index in [2.05, 4.69) is 26.1 Å². The lowest BCUT2D eigenvalue weighted by Gasteiger charge is -2.05. The van der Waals surface area contributed by atoms with Crippen molar-refractivity contribution in [3.05, 3.63) is 0 Å². The largest absolute Gasteiger partial charge is 0.317 e. The minimum atomic E-state index is 0.895. The van der Waals surface area contributed by atoms with Gasteiger partial charge in [-0.15, -0.1) is 0 Å². The van der Waals surface area contributed by atoms with Crippen LogP contribution in [0, 0.1) is 5.92 Å². The molecule has 1 heteroatoms. The molecule has 0 rings (SSSR count). The third kappa shape index (κ3) is 16.0. The van der Waals surface area contributed by atoms with Gasteiger partial charge in [-0.1, -0.05) is 78.6 Å². The van der Waals surface area contributed by atoms with Gasteiger partial charge in [0.2, 0.25) is 0 Å². The van der Waals surface area contributed by atoms with Crippen molar-refractivity contribution in [1.29, 1.82) is 0 Å². The lowest BCUT2D eigenvalue weighted by molar-refractivity contribution is 0.504. The van der Waals surface area contributed by atoms with Crippen LogP contribution in [0.2, 0.25) is 0 Å². The van der Waals surface area contributed by atoms with Crippen molar-refractivity contribution in [2.24, 2.45) is 5.92 Å². The van der Waals surface area contributed by atoms with Crippen molar-refractivity contribution < 1.29 is 0 Å². The Morgan fingerprint density at radius 2 is 1.17 bits per heavy atom. The van der Waals surface area contributed by atoms with Crippen molar-refractivity contribution in [3.63, 3.8) is 0 Å². The molecule has 0 saturated carbocycles. The first-order valence-electron chi connectivity index (χ1n) is 8.48. The molecule has 0 aliphatic heterocycles. The van der Waals surface area contributed by atoms with Gasteiger partial charge in [-0.05, 0) is 31.8 Å². The van der Waals surface area contributed by atoms with Gasteiger partial charge in [0.05, 0.1) is 0 Å². The van der Waals surface area contributed by atoms with Crippen LogP contribution in [0.4, 0.5) is 0 Å². The second kappa shape index (κ2) is 15.0. The highest BCUT2D eigenvalue weighted by atomic mass is 14.8. The number of hydrogen-bond donors (Lipinski definition) is 1. The highest BCUT2D eigenvalue weighted by molar-refractivity contribution is 4.51. The van der Waals surface area contributed by atoms with Crippen molar-refractivity contribution >= 4 is 0 Å². The summed E-state index contributed by atoms with van der Waals surface area (Å²) in [4.78, 5) is 0. The summed E-state index contributed by atoms with van der Waals surface area (Å²) in [7, 11) is 0. The Hall–Kier alpha value is -0.0400. The highest BCUT2D eigenvalue weighted by Gasteiger charge is 1.95. The molecule has 0 spiro atoms. The third-order valence-electron chi connectivity index (χ3n) is 3.56. The predicted molar refractivity (Wildman–Crippen MR) is 84.2 cm³/mol. The second-order valence-corrected chi connectivity index (χ2v) is 6.11. The maximum absolute atomic E-state index is 3.47. The minimum Gasteiger partial charge on any atom is -0.317 e. The SMILES string of the molecule is CCCNCCCCCCCCCCCC(C)C. The van der Waals surface area contributed by atoms with E-state index in [9.17, 15) is 0 Å². The molecule has 0 amide bonds. The number of hydrogen-bond acceptors (Lipinski definition) is 1. The standard InChI is InChI=1S/C17H37N/c1-4-15-18-16-13-11-9-7-5-6-8-10-12-14-17(2)3/h17-18H,4-16H2,1-3H3. The summed E-state index contributed by atoms with van der Waals surface area (Å²) < 4.78 is 0. The van der Waals surface area contributed by atoms with Crippen LogP contribution in [-0.4, -0.2) is 13.1 Å². The van der Waals surface area contributed by atoms with Crippen LogP contribution in [-0.2, 0) is 0 Å². The number of rotatable bonds is 14. The van der Waals surface area contributed by atoms with Crippen LogP contribution in [0.1, 0.15) is 91.4 Å². The lowest BCUT2D eigenvalue weighted by Crippen LogP contribution is -2.15. The summed E-state index contributed by atoms with van der Waals surface area (Å²) in [5, 5.41) is 3.47. The average Bonchev–Trinajstić information content (AvgIpc) is 2.34. The van der Waals surface area contributed by atoms with Gasteiger partial charge in [-0.2, -0.15) is 0 Å². The summed E-state index contributed by atoms with van der Waals surface area (Å²) in [6.45, 7) is 9.30. The molecule has 0 atom stereocenters. The van der Waals surface area contributed by atoms with Gasteiger partial charge in [0.15, 0.2) is 0 Å². The minimum absolute atomic E-state index is 0.895. The van der Waals surface area contributed by atoms with Crippen molar-refractivity contribution in [3.8, 4) is 0 Å². The lowest BCUT2D eigenvalue weighted by atomic mass is 10.0. The Kier molecular flexibility index (Phi) is 15.0. The topological polar surface area (TPSA) is 12.0 Å². The Bertz CT molecular complexity index is 143. The Labute approximate surface area is 116 Å². The maximum Gasteiger partial charge on any atom is -0.00489 e. The summed E-state index contributed by atoms with van der Waals surface area (Å²) >= 11 is 0. The van der Waals surface area contributed by atoms with E-state index >= 15 is 0 Å². The van der Waals surface area contributed by atoms with Crippen molar-refractivity contribution in [2.45, 2.75) is 91.4 Å². The first-order valence-corrected chi connectivity index (χ1v) is 8.48. The summed E-state index contributed by atoms with van der Waals surface area (Å²) in [6.07, 6.45) is 15.7. The summed E-state index contributed by atoms with van der Waals surface area (Å²) in [5.41, 5.74) is 0. The number of unbranched alkanes of at least 4 members (excludes halogenated alkanes) is 8. The van der Waals surface area contributed by atoms with Gasteiger partial charge in [0.1, 0.15) is 0 Å². The first kappa shape index (κ1) is 18.0. The van der Waals surface area contributed by atoms with E-state index < -0.39 is 0 Å². The second-order valence-electron chi connectivity index (χ2n) is 6.11. The molecule has 0 aromatic rings. The molecule has 0 aliphatic carbocycles. The van der Waals surface area contributed by atoms with E-state index in [1.165, 1.54) is 83.7 Å². The van der Waals surface area contributed by atoms with E-state index in [1.807, 2.05) is 0 Å². The van der Waals surface area contributed by atoms with Crippen LogP contribution in [0.15, 0.2) is 0 Å². The molecule has 0 heterocycles. The Balaban J connectivity index is 2.90. The van der Waals surface area contributed by atoms with E-state index in [4.69, 9.17) is 0 Å². The van der Waals surface area contributed by atoms with Gasteiger partial charge in [-0.3, -0.25) is 0 Å². The molecule has 110 valence electrons.